The Kier molecular flexibility index (Phi) is 6.97. The molecule has 0 bridgehead atoms. The van der Waals surface area contributed by atoms with Crippen molar-refractivity contribution >= 4 is 5.96 Å². The van der Waals surface area contributed by atoms with E-state index in [9.17, 15) is 0 Å². The van der Waals surface area contributed by atoms with Crippen LogP contribution in [0.25, 0.3) is 0 Å². The first-order chi connectivity index (χ1) is 9.19. The van der Waals surface area contributed by atoms with E-state index in [1.165, 1.54) is 11.1 Å². The molecule has 2 N–H and O–H groups in total. The van der Waals surface area contributed by atoms with Gasteiger partial charge in [-0.2, -0.15) is 0 Å². The number of methoxy groups -OCH3 is 1. The zero-order chi connectivity index (χ0) is 14.1. The van der Waals surface area contributed by atoms with E-state index >= 15 is 0 Å². The third kappa shape index (κ3) is 5.75. The van der Waals surface area contributed by atoms with E-state index in [0.29, 0.717) is 12.6 Å². The fraction of sp³-hybridized carbons (Fsp3) is 0.533. The first-order valence-corrected chi connectivity index (χ1v) is 6.73. The van der Waals surface area contributed by atoms with Gasteiger partial charge in [0.25, 0.3) is 0 Å². The fourth-order valence-corrected chi connectivity index (χ4v) is 1.71. The van der Waals surface area contributed by atoms with Crippen LogP contribution < -0.4 is 10.6 Å². The summed E-state index contributed by atoms with van der Waals surface area (Å²) in [6, 6.07) is 8.79. The summed E-state index contributed by atoms with van der Waals surface area (Å²) < 4.78 is 5.14. The number of benzene rings is 1. The Morgan fingerprint density at radius 3 is 2.74 bits per heavy atom. The van der Waals surface area contributed by atoms with Crippen LogP contribution in [0.15, 0.2) is 29.3 Å². The number of nitrogens with one attached hydrogen (secondary N) is 2. The highest BCUT2D eigenvalue weighted by molar-refractivity contribution is 5.79. The number of hydrogen-bond acceptors (Lipinski definition) is 2. The number of nitrogens with zero attached hydrogens (tertiary/aromatic N) is 1. The second-order valence-electron chi connectivity index (χ2n) is 4.63. The summed E-state index contributed by atoms with van der Waals surface area (Å²) in [6.45, 7) is 5.70. The number of hydrogen-bond donors (Lipinski definition) is 2. The molecule has 0 heterocycles. The normalized spacial score (nSPS) is 13.2. The molecule has 0 saturated carbocycles. The summed E-state index contributed by atoms with van der Waals surface area (Å²) in [5, 5.41) is 6.66. The molecule has 1 atom stereocenters. The molecule has 1 aromatic rings. The molecule has 0 radical (unpaired) electrons. The minimum atomic E-state index is 0.422. The van der Waals surface area contributed by atoms with Gasteiger partial charge in [0, 0.05) is 26.7 Å². The Labute approximate surface area is 116 Å². The molecular formula is C15H25N3O. The number of guanidine groups is 1. The van der Waals surface area contributed by atoms with Crippen LogP contribution in [0.5, 0.6) is 0 Å². The standard InChI is InChI=1S/C15H25N3O/c1-5-12(2)18-15(16-3)17-10-13-7-6-8-14(9-13)11-19-4/h6-9,12H,5,10-11H2,1-4H3,(H2,16,17,18). The predicted molar refractivity (Wildman–Crippen MR) is 80.2 cm³/mol. The number of aliphatic imine (C=N–C) groups is 1. The average molecular weight is 263 g/mol. The van der Waals surface area contributed by atoms with Crippen molar-refractivity contribution in [3.63, 3.8) is 0 Å². The zero-order valence-electron chi connectivity index (χ0n) is 12.4. The molecule has 0 fully saturated rings. The third-order valence-electron chi connectivity index (χ3n) is 2.98. The molecule has 1 rings (SSSR count). The maximum atomic E-state index is 5.14. The number of ether oxygens (including phenoxy) is 1. The summed E-state index contributed by atoms with van der Waals surface area (Å²) >= 11 is 0. The van der Waals surface area contributed by atoms with Crippen LogP contribution in [0.3, 0.4) is 0 Å². The molecular weight excluding hydrogens is 238 g/mol. The fourth-order valence-electron chi connectivity index (χ4n) is 1.71. The van der Waals surface area contributed by atoms with E-state index in [4.69, 9.17) is 4.74 Å². The Bertz CT molecular complexity index is 404. The molecule has 4 heteroatoms. The van der Waals surface area contributed by atoms with Crippen molar-refractivity contribution in [2.24, 2.45) is 4.99 Å². The lowest BCUT2D eigenvalue weighted by molar-refractivity contribution is 0.185. The minimum Gasteiger partial charge on any atom is -0.380 e. The Morgan fingerprint density at radius 1 is 1.37 bits per heavy atom. The largest absolute Gasteiger partial charge is 0.380 e. The zero-order valence-corrected chi connectivity index (χ0v) is 12.4. The van der Waals surface area contributed by atoms with E-state index in [1.54, 1.807) is 14.2 Å². The summed E-state index contributed by atoms with van der Waals surface area (Å²) in [6.07, 6.45) is 1.07. The molecule has 19 heavy (non-hydrogen) atoms. The molecule has 0 aliphatic rings. The van der Waals surface area contributed by atoms with Gasteiger partial charge in [-0.3, -0.25) is 4.99 Å². The SMILES string of the molecule is CCC(C)NC(=NC)NCc1cccc(COC)c1. The van der Waals surface area contributed by atoms with E-state index in [2.05, 4.69) is 53.7 Å². The van der Waals surface area contributed by atoms with Gasteiger partial charge in [0.1, 0.15) is 0 Å². The van der Waals surface area contributed by atoms with Crippen LogP contribution in [0, 0.1) is 0 Å². The second kappa shape index (κ2) is 8.53. The van der Waals surface area contributed by atoms with E-state index < -0.39 is 0 Å². The summed E-state index contributed by atoms with van der Waals surface area (Å²) in [4.78, 5) is 4.22. The van der Waals surface area contributed by atoms with Crippen molar-refractivity contribution in [1.29, 1.82) is 0 Å². The molecule has 0 spiro atoms. The van der Waals surface area contributed by atoms with Gasteiger partial charge >= 0.3 is 0 Å². The van der Waals surface area contributed by atoms with E-state index in [-0.39, 0.29) is 0 Å². The molecule has 0 amide bonds. The molecule has 1 unspecified atom stereocenters. The quantitative estimate of drug-likeness (QED) is 0.611. The highest BCUT2D eigenvalue weighted by Gasteiger charge is 2.03. The van der Waals surface area contributed by atoms with Gasteiger partial charge in [0.15, 0.2) is 5.96 Å². The van der Waals surface area contributed by atoms with Crippen molar-refractivity contribution in [3.8, 4) is 0 Å². The maximum Gasteiger partial charge on any atom is 0.191 e. The molecule has 4 nitrogen and oxygen atoms in total. The molecule has 0 aromatic heterocycles. The van der Waals surface area contributed by atoms with Crippen molar-refractivity contribution in [2.45, 2.75) is 39.5 Å². The minimum absolute atomic E-state index is 0.422. The van der Waals surface area contributed by atoms with Crippen molar-refractivity contribution in [3.05, 3.63) is 35.4 Å². The molecule has 106 valence electrons. The monoisotopic (exact) mass is 263 g/mol. The van der Waals surface area contributed by atoms with Crippen LogP contribution in [-0.4, -0.2) is 26.2 Å². The molecule has 0 aliphatic carbocycles. The lowest BCUT2D eigenvalue weighted by atomic mass is 10.1. The summed E-state index contributed by atoms with van der Waals surface area (Å²) in [5.41, 5.74) is 2.41. The van der Waals surface area contributed by atoms with Gasteiger partial charge in [-0.25, -0.2) is 0 Å². The topological polar surface area (TPSA) is 45.7 Å². The van der Waals surface area contributed by atoms with Crippen LogP contribution in [0.2, 0.25) is 0 Å². The number of rotatable bonds is 6. The highest BCUT2D eigenvalue weighted by atomic mass is 16.5. The predicted octanol–water partition coefficient (Wildman–Crippen LogP) is 2.30. The molecule has 0 aliphatic heterocycles. The summed E-state index contributed by atoms with van der Waals surface area (Å²) in [5.74, 6) is 0.839. The van der Waals surface area contributed by atoms with Crippen molar-refractivity contribution < 1.29 is 4.74 Å². The lowest BCUT2D eigenvalue weighted by Gasteiger charge is -2.16. The van der Waals surface area contributed by atoms with E-state index in [0.717, 1.165) is 18.9 Å². The van der Waals surface area contributed by atoms with Crippen LogP contribution in [0.4, 0.5) is 0 Å². The third-order valence-corrected chi connectivity index (χ3v) is 2.98. The Morgan fingerprint density at radius 2 is 2.11 bits per heavy atom. The Hall–Kier alpha value is -1.55. The average Bonchev–Trinajstić information content (AvgIpc) is 2.44. The van der Waals surface area contributed by atoms with Gasteiger partial charge in [-0.1, -0.05) is 31.2 Å². The second-order valence-corrected chi connectivity index (χ2v) is 4.63. The highest BCUT2D eigenvalue weighted by Crippen LogP contribution is 2.06. The summed E-state index contributed by atoms with van der Waals surface area (Å²) in [7, 11) is 3.50. The molecule has 1 aromatic carbocycles. The van der Waals surface area contributed by atoms with Gasteiger partial charge in [-0.15, -0.1) is 0 Å². The van der Waals surface area contributed by atoms with Crippen molar-refractivity contribution in [2.75, 3.05) is 14.2 Å². The van der Waals surface area contributed by atoms with Gasteiger partial charge in [0.2, 0.25) is 0 Å². The van der Waals surface area contributed by atoms with Crippen LogP contribution in [-0.2, 0) is 17.9 Å². The van der Waals surface area contributed by atoms with E-state index in [1.807, 2.05) is 0 Å². The smallest absolute Gasteiger partial charge is 0.191 e. The van der Waals surface area contributed by atoms with Crippen LogP contribution >= 0.6 is 0 Å². The van der Waals surface area contributed by atoms with Gasteiger partial charge in [0.05, 0.1) is 6.61 Å². The van der Waals surface area contributed by atoms with Gasteiger partial charge in [-0.05, 0) is 24.5 Å². The van der Waals surface area contributed by atoms with Gasteiger partial charge < -0.3 is 15.4 Å². The Balaban J connectivity index is 2.52. The lowest BCUT2D eigenvalue weighted by Crippen LogP contribution is -2.41. The van der Waals surface area contributed by atoms with Crippen LogP contribution in [0.1, 0.15) is 31.4 Å². The maximum absolute atomic E-state index is 5.14. The van der Waals surface area contributed by atoms with Crippen molar-refractivity contribution in [1.82, 2.24) is 10.6 Å². The first-order valence-electron chi connectivity index (χ1n) is 6.73. The first kappa shape index (κ1) is 15.5. The molecule has 0 saturated heterocycles.